The second-order valence-corrected chi connectivity index (χ2v) is 8.28. The zero-order valence-corrected chi connectivity index (χ0v) is 22.6. The van der Waals surface area contributed by atoms with E-state index in [1.807, 2.05) is 30.3 Å². The van der Waals surface area contributed by atoms with E-state index in [0.29, 0.717) is 5.57 Å². The summed E-state index contributed by atoms with van der Waals surface area (Å²) in [5, 5.41) is 0. The predicted octanol–water partition coefficient (Wildman–Crippen LogP) is 4.12. The van der Waals surface area contributed by atoms with Gasteiger partial charge in [0.15, 0.2) is 10.8 Å². The fourth-order valence-corrected chi connectivity index (χ4v) is 3.69. The minimum absolute atomic E-state index is 0.0222. The lowest BCUT2D eigenvalue weighted by molar-refractivity contribution is -0.173. The van der Waals surface area contributed by atoms with E-state index in [0.717, 1.165) is 5.56 Å². The number of esters is 4. The Morgan fingerprint density at radius 2 is 1.11 bits per heavy atom. The number of benzene rings is 1. The third-order valence-corrected chi connectivity index (χ3v) is 5.67. The molecule has 204 valence electrons. The molecular formula is C30H36O8. The van der Waals surface area contributed by atoms with Gasteiger partial charge in [-0.2, -0.15) is 0 Å². The second-order valence-electron chi connectivity index (χ2n) is 8.28. The van der Waals surface area contributed by atoms with Crippen LogP contribution >= 0.6 is 0 Å². The van der Waals surface area contributed by atoms with Gasteiger partial charge in [-0.05, 0) is 38.8 Å². The van der Waals surface area contributed by atoms with Gasteiger partial charge in [-0.1, -0.05) is 36.9 Å². The highest BCUT2D eigenvalue weighted by Gasteiger charge is 2.50. The highest BCUT2D eigenvalue weighted by Crippen LogP contribution is 2.37. The van der Waals surface area contributed by atoms with Crippen molar-refractivity contribution in [2.24, 2.45) is 10.8 Å². The van der Waals surface area contributed by atoms with Gasteiger partial charge in [-0.15, -0.1) is 24.2 Å². The fourth-order valence-electron chi connectivity index (χ4n) is 3.69. The van der Waals surface area contributed by atoms with Gasteiger partial charge in [0.2, 0.25) is 0 Å². The van der Waals surface area contributed by atoms with Crippen LogP contribution in [-0.2, 0) is 38.1 Å². The molecule has 0 unspecified atom stereocenters. The van der Waals surface area contributed by atoms with Crippen LogP contribution in [0.15, 0.2) is 36.9 Å². The maximum atomic E-state index is 13.2. The predicted molar refractivity (Wildman–Crippen MR) is 142 cm³/mol. The normalized spacial score (nSPS) is 10.7. The molecule has 1 aromatic rings. The summed E-state index contributed by atoms with van der Waals surface area (Å²) in [4.78, 5) is 52.1. The summed E-state index contributed by atoms with van der Waals surface area (Å²) < 4.78 is 20.7. The molecule has 0 fully saturated rings. The average molecular weight is 525 g/mol. The van der Waals surface area contributed by atoms with Gasteiger partial charge in [0.1, 0.15) is 0 Å². The van der Waals surface area contributed by atoms with Crippen molar-refractivity contribution in [1.29, 1.82) is 0 Å². The van der Waals surface area contributed by atoms with Crippen molar-refractivity contribution in [1.82, 2.24) is 0 Å². The SMILES string of the molecule is C#CCC(CC#CCC(CC(=C)c1ccccc1)(C(=O)OCC)C(=O)OCC)(C(=O)OCC)C(=O)OCC. The first-order valence-corrected chi connectivity index (χ1v) is 12.5. The minimum atomic E-state index is -1.85. The van der Waals surface area contributed by atoms with Crippen LogP contribution in [0, 0.1) is 35.0 Å². The van der Waals surface area contributed by atoms with Gasteiger partial charge in [-0.3, -0.25) is 19.2 Å². The third-order valence-electron chi connectivity index (χ3n) is 5.67. The van der Waals surface area contributed by atoms with E-state index in [4.69, 9.17) is 25.4 Å². The Morgan fingerprint density at radius 3 is 1.50 bits per heavy atom. The number of hydrogen-bond acceptors (Lipinski definition) is 8. The smallest absolute Gasteiger partial charge is 0.325 e. The quantitative estimate of drug-likeness (QED) is 0.155. The second kappa shape index (κ2) is 15.9. The molecule has 0 bridgehead atoms. The average Bonchev–Trinajstić information content (AvgIpc) is 2.90. The maximum absolute atomic E-state index is 13.2. The van der Waals surface area contributed by atoms with Crippen molar-refractivity contribution >= 4 is 29.5 Å². The Kier molecular flexibility index (Phi) is 13.4. The fraction of sp³-hybridized carbons (Fsp3) is 0.467. The van der Waals surface area contributed by atoms with Gasteiger partial charge < -0.3 is 18.9 Å². The molecule has 0 atom stereocenters. The molecule has 38 heavy (non-hydrogen) atoms. The van der Waals surface area contributed by atoms with Gasteiger partial charge in [0, 0.05) is 25.7 Å². The van der Waals surface area contributed by atoms with Crippen LogP contribution in [0.2, 0.25) is 0 Å². The molecule has 0 saturated heterocycles. The van der Waals surface area contributed by atoms with Crippen molar-refractivity contribution in [2.75, 3.05) is 26.4 Å². The first kappa shape index (κ1) is 32.0. The summed E-state index contributed by atoms with van der Waals surface area (Å²) >= 11 is 0. The van der Waals surface area contributed by atoms with E-state index >= 15 is 0 Å². The van der Waals surface area contributed by atoms with E-state index in [-0.39, 0.29) is 52.1 Å². The molecule has 0 spiro atoms. The molecule has 0 radical (unpaired) electrons. The van der Waals surface area contributed by atoms with E-state index in [2.05, 4.69) is 24.3 Å². The van der Waals surface area contributed by atoms with E-state index in [1.54, 1.807) is 27.7 Å². The van der Waals surface area contributed by atoms with Crippen molar-refractivity contribution in [3.05, 3.63) is 42.5 Å². The Bertz CT molecular complexity index is 1050. The Labute approximate surface area is 225 Å². The minimum Gasteiger partial charge on any atom is -0.465 e. The zero-order valence-electron chi connectivity index (χ0n) is 22.6. The van der Waals surface area contributed by atoms with Gasteiger partial charge in [0.25, 0.3) is 0 Å². The molecule has 0 aliphatic rings. The molecule has 8 heteroatoms. The Hall–Kier alpha value is -4.04. The maximum Gasteiger partial charge on any atom is 0.325 e. The number of allylic oxidation sites excluding steroid dienone is 1. The van der Waals surface area contributed by atoms with Crippen LogP contribution < -0.4 is 0 Å². The van der Waals surface area contributed by atoms with Gasteiger partial charge >= 0.3 is 23.9 Å². The molecule has 0 aliphatic heterocycles. The zero-order chi connectivity index (χ0) is 28.6. The standard InChI is InChI=1S/C30H36O8/c1-7-19-29(25(31)35-8-2,26(32)36-9-3)20-15-16-21-30(27(33)37-10-4,28(34)38-11-5)22-23(6)24-17-13-12-14-18-24/h1,12-14,17-18H,6,8-11,19-22H2,2-5H3. The molecule has 0 aromatic heterocycles. The molecular weight excluding hydrogens is 488 g/mol. The van der Waals surface area contributed by atoms with E-state index in [1.165, 1.54) is 0 Å². The molecule has 1 rings (SSSR count). The molecule has 1 aromatic carbocycles. The number of carbonyl (C=O) groups excluding carboxylic acids is 4. The lowest BCUT2D eigenvalue weighted by atomic mass is 9.77. The summed E-state index contributed by atoms with van der Waals surface area (Å²) in [5.41, 5.74) is -2.43. The van der Waals surface area contributed by atoms with Gasteiger partial charge in [-0.25, -0.2) is 0 Å². The summed E-state index contributed by atoms with van der Waals surface area (Å²) in [6.45, 7) is 10.6. The number of terminal acetylenes is 1. The van der Waals surface area contributed by atoms with Crippen LogP contribution in [0.25, 0.3) is 5.57 Å². The lowest BCUT2D eigenvalue weighted by Crippen LogP contribution is -2.42. The van der Waals surface area contributed by atoms with Crippen molar-refractivity contribution in [2.45, 2.75) is 53.4 Å². The summed E-state index contributed by atoms with van der Waals surface area (Å²) in [6.07, 6.45) is 4.40. The van der Waals surface area contributed by atoms with Crippen LogP contribution in [-0.4, -0.2) is 50.3 Å². The summed E-state index contributed by atoms with van der Waals surface area (Å²) in [5.74, 6) is 4.55. The molecule has 0 N–H and O–H groups in total. The Morgan fingerprint density at radius 1 is 0.711 bits per heavy atom. The molecule has 8 nitrogen and oxygen atoms in total. The van der Waals surface area contributed by atoms with Crippen LogP contribution in [0.1, 0.15) is 58.9 Å². The van der Waals surface area contributed by atoms with Crippen LogP contribution in [0.3, 0.4) is 0 Å². The number of ether oxygens (including phenoxy) is 4. The molecule has 0 amide bonds. The van der Waals surface area contributed by atoms with Crippen molar-refractivity contribution < 1.29 is 38.1 Å². The van der Waals surface area contributed by atoms with Crippen molar-refractivity contribution in [3.63, 3.8) is 0 Å². The molecule has 0 saturated carbocycles. The highest BCUT2D eigenvalue weighted by atomic mass is 16.6. The van der Waals surface area contributed by atoms with Crippen LogP contribution in [0.5, 0.6) is 0 Å². The topological polar surface area (TPSA) is 105 Å². The van der Waals surface area contributed by atoms with Gasteiger partial charge in [0.05, 0.1) is 26.4 Å². The van der Waals surface area contributed by atoms with E-state index in [9.17, 15) is 19.2 Å². The molecule has 0 aliphatic carbocycles. The first-order valence-electron chi connectivity index (χ1n) is 12.5. The van der Waals surface area contributed by atoms with E-state index < -0.39 is 34.7 Å². The summed E-state index contributed by atoms with van der Waals surface area (Å²) in [7, 11) is 0. The first-order chi connectivity index (χ1) is 18.2. The number of rotatable bonds is 14. The monoisotopic (exact) mass is 524 g/mol. The number of carbonyl (C=O) groups is 4. The largest absolute Gasteiger partial charge is 0.465 e. The number of hydrogen-bond donors (Lipinski definition) is 0. The Balaban J connectivity index is 3.51. The van der Waals surface area contributed by atoms with Crippen molar-refractivity contribution in [3.8, 4) is 24.2 Å². The third kappa shape index (κ3) is 7.98. The lowest BCUT2D eigenvalue weighted by Gasteiger charge is -2.28. The summed E-state index contributed by atoms with van der Waals surface area (Å²) in [6, 6.07) is 9.07. The van der Waals surface area contributed by atoms with Crippen LogP contribution in [0.4, 0.5) is 0 Å². The highest BCUT2D eigenvalue weighted by molar-refractivity contribution is 6.02. The molecule has 0 heterocycles.